The third-order valence-corrected chi connectivity index (χ3v) is 3.41. The number of hydrogen-bond donors (Lipinski definition) is 2. The maximum absolute atomic E-state index is 11.8. The molecule has 1 aromatic heterocycles. The predicted molar refractivity (Wildman–Crippen MR) is 82.4 cm³/mol. The summed E-state index contributed by atoms with van der Waals surface area (Å²) in [5.74, 6) is 1.28. The Labute approximate surface area is 124 Å². The van der Waals surface area contributed by atoms with Gasteiger partial charge in [0.25, 0.3) is 0 Å². The number of para-hydroxylation sites is 1. The Morgan fingerprint density at radius 1 is 1.38 bits per heavy atom. The highest BCUT2D eigenvalue weighted by Gasteiger charge is 2.18. The maximum atomic E-state index is 11.8. The summed E-state index contributed by atoms with van der Waals surface area (Å²) >= 11 is 0. The van der Waals surface area contributed by atoms with Crippen LogP contribution in [-0.4, -0.2) is 13.1 Å². The smallest absolute Gasteiger partial charge is 0.340 e. The fourth-order valence-electron chi connectivity index (χ4n) is 2.39. The van der Waals surface area contributed by atoms with Crippen molar-refractivity contribution in [3.05, 3.63) is 46.9 Å². The Kier molecular flexibility index (Phi) is 4.21. The van der Waals surface area contributed by atoms with Gasteiger partial charge in [-0.1, -0.05) is 6.07 Å². The molecular weight excluding hydrogens is 268 g/mol. The van der Waals surface area contributed by atoms with Crippen LogP contribution in [0.5, 0.6) is 0 Å². The number of nitrogens with two attached hydrogens (primary N) is 1. The monoisotopic (exact) mass is 288 g/mol. The van der Waals surface area contributed by atoms with Crippen LogP contribution in [0.1, 0.15) is 40.4 Å². The summed E-state index contributed by atoms with van der Waals surface area (Å²) in [7, 11) is 1.35. The van der Waals surface area contributed by atoms with E-state index in [9.17, 15) is 4.79 Å². The van der Waals surface area contributed by atoms with Gasteiger partial charge in [0.1, 0.15) is 11.5 Å². The summed E-state index contributed by atoms with van der Waals surface area (Å²) in [6.07, 6.45) is 0. The van der Waals surface area contributed by atoms with Crippen LogP contribution in [0.2, 0.25) is 0 Å². The van der Waals surface area contributed by atoms with Gasteiger partial charge in [-0.2, -0.15) is 0 Å². The largest absolute Gasteiger partial charge is 0.466 e. The second kappa shape index (κ2) is 5.91. The van der Waals surface area contributed by atoms with Crippen molar-refractivity contribution in [1.29, 1.82) is 0 Å². The van der Waals surface area contributed by atoms with E-state index >= 15 is 0 Å². The highest BCUT2D eigenvalue weighted by Crippen LogP contribution is 2.30. The van der Waals surface area contributed by atoms with Crippen LogP contribution in [0.15, 0.2) is 28.7 Å². The number of hydrogen-bond acceptors (Lipinski definition) is 5. The van der Waals surface area contributed by atoms with Crippen LogP contribution in [0.25, 0.3) is 0 Å². The molecular formula is C16H20N2O3. The van der Waals surface area contributed by atoms with Crippen molar-refractivity contribution in [2.24, 2.45) is 0 Å². The minimum Gasteiger partial charge on any atom is -0.466 e. The molecule has 0 radical (unpaired) electrons. The quantitative estimate of drug-likeness (QED) is 0.665. The van der Waals surface area contributed by atoms with Gasteiger partial charge >= 0.3 is 5.97 Å². The van der Waals surface area contributed by atoms with Gasteiger partial charge in [0.2, 0.25) is 0 Å². The lowest BCUT2D eigenvalue weighted by Crippen LogP contribution is -2.13. The molecule has 0 bridgehead atoms. The summed E-state index contributed by atoms with van der Waals surface area (Å²) in [5, 5.41) is 3.28. The Morgan fingerprint density at radius 2 is 2.10 bits per heavy atom. The molecule has 0 aliphatic heterocycles. The highest BCUT2D eigenvalue weighted by atomic mass is 16.5. The van der Waals surface area contributed by atoms with Crippen LogP contribution in [0.3, 0.4) is 0 Å². The van der Waals surface area contributed by atoms with Crippen molar-refractivity contribution in [3.63, 3.8) is 0 Å². The van der Waals surface area contributed by atoms with E-state index < -0.39 is 5.97 Å². The molecule has 0 aliphatic carbocycles. The van der Waals surface area contributed by atoms with Gasteiger partial charge in [-0.3, -0.25) is 0 Å². The average molecular weight is 288 g/mol. The molecule has 21 heavy (non-hydrogen) atoms. The predicted octanol–water partition coefficient (Wildman–Crippen LogP) is 3.44. The Morgan fingerprint density at radius 3 is 2.67 bits per heavy atom. The topological polar surface area (TPSA) is 77.5 Å². The summed E-state index contributed by atoms with van der Waals surface area (Å²) < 4.78 is 10.3. The van der Waals surface area contributed by atoms with Crippen LogP contribution >= 0.6 is 0 Å². The zero-order valence-electron chi connectivity index (χ0n) is 12.7. The van der Waals surface area contributed by atoms with Gasteiger partial charge < -0.3 is 20.2 Å². The van der Waals surface area contributed by atoms with Gasteiger partial charge in [-0.15, -0.1) is 0 Å². The molecule has 112 valence electrons. The van der Waals surface area contributed by atoms with E-state index in [0.29, 0.717) is 16.9 Å². The maximum Gasteiger partial charge on any atom is 0.340 e. The minimum atomic E-state index is -0.419. The van der Waals surface area contributed by atoms with Gasteiger partial charge in [0.05, 0.1) is 30.1 Å². The second-order valence-corrected chi connectivity index (χ2v) is 5.00. The van der Waals surface area contributed by atoms with Gasteiger partial charge in [0.15, 0.2) is 0 Å². The number of methoxy groups -OCH3 is 1. The number of esters is 1. The molecule has 1 atom stereocenters. The van der Waals surface area contributed by atoms with Crippen LogP contribution in [0.4, 0.5) is 11.4 Å². The van der Waals surface area contributed by atoms with E-state index in [0.717, 1.165) is 17.1 Å². The molecule has 0 aliphatic rings. The summed E-state index contributed by atoms with van der Waals surface area (Å²) in [4.78, 5) is 11.8. The normalized spacial score (nSPS) is 12.0. The van der Waals surface area contributed by atoms with E-state index in [1.54, 1.807) is 18.2 Å². The Hall–Kier alpha value is -2.43. The molecule has 1 unspecified atom stereocenters. The minimum absolute atomic E-state index is 0.0458. The van der Waals surface area contributed by atoms with Crippen molar-refractivity contribution in [2.75, 3.05) is 18.2 Å². The number of nitrogen functional groups attached to an aromatic ring is 1. The molecule has 0 saturated heterocycles. The third-order valence-electron chi connectivity index (χ3n) is 3.41. The van der Waals surface area contributed by atoms with Gasteiger partial charge in [-0.25, -0.2) is 4.79 Å². The van der Waals surface area contributed by atoms with Crippen LogP contribution in [-0.2, 0) is 4.74 Å². The number of carbonyl (C=O) groups is 1. The van der Waals surface area contributed by atoms with E-state index in [4.69, 9.17) is 14.9 Å². The summed E-state index contributed by atoms with van der Waals surface area (Å²) in [5.41, 5.74) is 8.52. The Balaban J connectivity index is 2.35. The lowest BCUT2D eigenvalue weighted by Gasteiger charge is -2.18. The number of rotatable bonds is 4. The summed E-state index contributed by atoms with van der Waals surface area (Å²) in [6.45, 7) is 5.81. The molecule has 2 aromatic rings. The number of aryl methyl sites for hydroxylation is 2. The number of furan rings is 1. The first-order chi connectivity index (χ1) is 9.93. The number of anilines is 2. The molecule has 0 amide bonds. The molecule has 1 heterocycles. The van der Waals surface area contributed by atoms with Crippen LogP contribution in [0, 0.1) is 13.8 Å². The van der Waals surface area contributed by atoms with Crippen molar-refractivity contribution in [3.8, 4) is 0 Å². The number of ether oxygens (including phenoxy) is 1. The van der Waals surface area contributed by atoms with E-state index in [2.05, 4.69) is 5.32 Å². The zero-order chi connectivity index (χ0) is 15.6. The van der Waals surface area contributed by atoms with E-state index in [1.165, 1.54) is 7.11 Å². The number of carbonyl (C=O) groups excluding carboxylic acids is 1. The first-order valence-electron chi connectivity index (χ1n) is 6.74. The summed E-state index contributed by atoms with van der Waals surface area (Å²) in [6, 6.07) is 7.09. The van der Waals surface area contributed by atoms with Gasteiger partial charge in [-0.05, 0) is 39.0 Å². The molecule has 5 nitrogen and oxygen atoms in total. The number of nitrogens with one attached hydrogen (secondary N) is 1. The van der Waals surface area contributed by atoms with Gasteiger partial charge in [0, 0.05) is 5.56 Å². The standard InChI is InChI=1S/C16H20N2O3/c1-9-8-13(11(3)21-9)10(2)18-15-12(16(19)20-4)6-5-7-14(15)17/h5-8,10,18H,17H2,1-4H3. The third kappa shape index (κ3) is 3.02. The fraction of sp³-hybridized carbons (Fsp3) is 0.312. The molecule has 2 rings (SSSR count). The lowest BCUT2D eigenvalue weighted by atomic mass is 10.1. The first-order valence-corrected chi connectivity index (χ1v) is 6.74. The SMILES string of the molecule is COC(=O)c1cccc(N)c1NC(C)c1cc(C)oc1C. The molecule has 3 N–H and O–H groups in total. The molecule has 0 spiro atoms. The van der Waals surface area contributed by atoms with Crippen LogP contribution < -0.4 is 11.1 Å². The highest BCUT2D eigenvalue weighted by molar-refractivity contribution is 5.98. The van der Waals surface area contributed by atoms with E-state index in [-0.39, 0.29) is 6.04 Å². The molecule has 0 saturated carbocycles. The first kappa shape index (κ1) is 15.0. The number of benzene rings is 1. The molecule has 1 aromatic carbocycles. The fourth-order valence-corrected chi connectivity index (χ4v) is 2.39. The van der Waals surface area contributed by atoms with Crippen molar-refractivity contribution >= 4 is 17.3 Å². The Bertz CT molecular complexity index is 662. The van der Waals surface area contributed by atoms with Crippen molar-refractivity contribution in [1.82, 2.24) is 0 Å². The molecule has 0 fully saturated rings. The zero-order valence-corrected chi connectivity index (χ0v) is 12.7. The molecule has 5 heteroatoms. The average Bonchev–Trinajstić information content (AvgIpc) is 2.79. The van der Waals surface area contributed by atoms with Crippen molar-refractivity contribution in [2.45, 2.75) is 26.8 Å². The second-order valence-electron chi connectivity index (χ2n) is 5.00. The van der Waals surface area contributed by atoms with E-state index in [1.807, 2.05) is 26.8 Å². The lowest BCUT2D eigenvalue weighted by molar-refractivity contribution is 0.0602. The van der Waals surface area contributed by atoms with Crippen molar-refractivity contribution < 1.29 is 13.9 Å².